The zero-order chi connectivity index (χ0) is 14.9. The molecule has 1 aromatic carbocycles. The van der Waals surface area contributed by atoms with Gasteiger partial charge < -0.3 is 14.8 Å². The number of hydrogen-bond acceptors (Lipinski definition) is 4. The highest BCUT2D eigenvalue weighted by Crippen LogP contribution is 2.16. The third-order valence-electron chi connectivity index (χ3n) is 2.82. The Morgan fingerprint density at radius 2 is 1.90 bits per heavy atom. The first kappa shape index (κ1) is 14.8. The van der Waals surface area contributed by atoms with E-state index in [1.165, 1.54) is 0 Å². The molecule has 0 atom stereocenters. The van der Waals surface area contributed by atoms with Crippen LogP contribution in [0.5, 0.6) is 11.5 Å². The van der Waals surface area contributed by atoms with E-state index in [0.29, 0.717) is 13.2 Å². The van der Waals surface area contributed by atoms with Crippen LogP contribution in [0.2, 0.25) is 0 Å². The summed E-state index contributed by atoms with van der Waals surface area (Å²) in [6, 6.07) is 12.8. The number of rotatable bonds is 7. The molecule has 0 fully saturated rings. The quantitative estimate of drug-likeness (QED) is 0.789. The van der Waals surface area contributed by atoms with Gasteiger partial charge in [-0.15, -0.1) is 0 Å². The molecule has 0 unspecified atom stereocenters. The Kier molecular flexibility index (Phi) is 5.58. The topological polar surface area (TPSA) is 60.5 Å². The molecule has 5 heteroatoms. The fourth-order valence-corrected chi connectivity index (χ4v) is 1.76. The van der Waals surface area contributed by atoms with Crippen molar-refractivity contribution in [2.45, 2.75) is 6.42 Å². The largest absolute Gasteiger partial charge is 0.497 e. The number of amides is 1. The molecular weight excluding hydrogens is 268 g/mol. The molecule has 1 aromatic heterocycles. The van der Waals surface area contributed by atoms with Crippen molar-refractivity contribution in [2.75, 3.05) is 20.3 Å². The molecule has 0 bridgehead atoms. The minimum Gasteiger partial charge on any atom is -0.497 e. The van der Waals surface area contributed by atoms with Gasteiger partial charge in [0.1, 0.15) is 18.1 Å². The molecule has 0 saturated heterocycles. The van der Waals surface area contributed by atoms with Gasteiger partial charge in [-0.2, -0.15) is 0 Å². The van der Waals surface area contributed by atoms with E-state index >= 15 is 0 Å². The lowest BCUT2D eigenvalue weighted by atomic mass is 10.2. The number of pyridine rings is 1. The number of benzene rings is 1. The van der Waals surface area contributed by atoms with Crippen LogP contribution in [0.4, 0.5) is 0 Å². The van der Waals surface area contributed by atoms with Gasteiger partial charge in [-0.1, -0.05) is 6.07 Å². The maximum Gasteiger partial charge on any atom is 0.226 e. The molecule has 0 spiro atoms. The molecule has 0 aliphatic heterocycles. The molecule has 2 rings (SSSR count). The summed E-state index contributed by atoms with van der Waals surface area (Å²) in [5, 5.41) is 2.80. The summed E-state index contributed by atoms with van der Waals surface area (Å²) >= 11 is 0. The van der Waals surface area contributed by atoms with Gasteiger partial charge in [-0.25, -0.2) is 0 Å². The SMILES string of the molecule is COc1ccc(OCCNC(=O)Cc2ccccn2)cc1. The van der Waals surface area contributed by atoms with Crippen LogP contribution in [0.3, 0.4) is 0 Å². The van der Waals surface area contributed by atoms with Crippen LogP contribution < -0.4 is 14.8 Å². The summed E-state index contributed by atoms with van der Waals surface area (Å²) in [5.41, 5.74) is 0.756. The summed E-state index contributed by atoms with van der Waals surface area (Å²) in [4.78, 5) is 15.8. The van der Waals surface area contributed by atoms with Crippen LogP contribution in [0.15, 0.2) is 48.7 Å². The van der Waals surface area contributed by atoms with Gasteiger partial charge in [0.25, 0.3) is 0 Å². The van der Waals surface area contributed by atoms with Gasteiger partial charge in [0.05, 0.1) is 20.1 Å². The Labute approximate surface area is 123 Å². The van der Waals surface area contributed by atoms with Crippen LogP contribution in [-0.4, -0.2) is 31.2 Å². The predicted molar refractivity (Wildman–Crippen MR) is 79.4 cm³/mol. The molecule has 110 valence electrons. The number of carbonyl (C=O) groups is 1. The highest BCUT2D eigenvalue weighted by atomic mass is 16.5. The average molecular weight is 286 g/mol. The lowest BCUT2D eigenvalue weighted by Gasteiger charge is -2.08. The second-order valence-electron chi connectivity index (χ2n) is 4.37. The number of ether oxygens (including phenoxy) is 2. The van der Waals surface area contributed by atoms with E-state index in [4.69, 9.17) is 9.47 Å². The molecule has 0 radical (unpaired) electrons. The van der Waals surface area contributed by atoms with Crippen molar-refractivity contribution in [3.05, 3.63) is 54.4 Å². The predicted octanol–water partition coefficient (Wildman–Crippen LogP) is 1.83. The normalized spacial score (nSPS) is 9.95. The fourth-order valence-electron chi connectivity index (χ4n) is 1.76. The van der Waals surface area contributed by atoms with Crippen LogP contribution in [0.1, 0.15) is 5.69 Å². The van der Waals surface area contributed by atoms with Gasteiger partial charge >= 0.3 is 0 Å². The van der Waals surface area contributed by atoms with Crippen molar-refractivity contribution in [1.29, 1.82) is 0 Å². The molecular formula is C16H18N2O3. The number of methoxy groups -OCH3 is 1. The molecule has 5 nitrogen and oxygen atoms in total. The van der Waals surface area contributed by atoms with Crippen molar-refractivity contribution in [3.8, 4) is 11.5 Å². The van der Waals surface area contributed by atoms with Crippen molar-refractivity contribution in [2.24, 2.45) is 0 Å². The van der Waals surface area contributed by atoms with Crippen LogP contribution in [0.25, 0.3) is 0 Å². The first-order valence-electron chi connectivity index (χ1n) is 6.71. The average Bonchev–Trinajstić information content (AvgIpc) is 2.53. The number of hydrogen-bond donors (Lipinski definition) is 1. The van der Waals surface area contributed by atoms with E-state index < -0.39 is 0 Å². The third-order valence-corrected chi connectivity index (χ3v) is 2.82. The lowest BCUT2D eigenvalue weighted by molar-refractivity contribution is -0.120. The Morgan fingerprint density at radius 1 is 1.14 bits per heavy atom. The number of aromatic nitrogens is 1. The van der Waals surface area contributed by atoms with Gasteiger partial charge in [0.15, 0.2) is 0 Å². The summed E-state index contributed by atoms with van der Waals surface area (Å²) in [6.45, 7) is 0.873. The van der Waals surface area contributed by atoms with Gasteiger partial charge in [0, 0.05) is 11.9 Å². The minimum atomic E-state index is -0.0629. The highest BCUT2D eigenvalue weighted by Gasteiger charge is 2.03. The second-order valence-corrected chi connectivity index (χ2v) is 4.37. The fraction of sp³-hybridized carbons (Fsp3) is 0.250. The highest BCUT2D eigenvalue weighted by molar-refractivity contribution is 5.78. The molecule has 2 aromatic rings. The number of carbonyl (C=O) groups excluding carboxylic acids is 1. The standard InChI is InChI=1S/C16H18N2O3/c1-20-14-5-7-15(8-6-14)21-11-10-18-16(19)12-13-4-2-3-9-17-13/h2-9H,10-12H2,1H3,(H,18,19). The van der Waals surface area contributed by atoms with E-state index in [1.807, 2.05) is 42.5 Å². The van der Waals surface area contributed by atoms with Gasteiger partial charge in [-0.05, 0) is 36.4 Å². The van der Waals surface area contributed by atoms with Crippen LogP contribution in [0, 0.1) is 0 Å². The monoisotopic (exact) mass is 286 g/mol. The summed E-state index contributed by atoms with van der Waals surface area (Å²) in [6.07, 6.45) is 1.96. The van der Waals surface area contributed by atoms with Crippen molar-refractivity contribution < 1.29 is 14.3 Å². The first-order chi connectivity index (χ1) is 10.3. The Bertz CT molecular complexity index is 555. The zero-order valence-corrected chi connectivity index (χ0v) is 11.9. The Balaban J connectivity index is 1.66. The van der Waals surface area contributed by atoms with E-state index in [2.05, 4.69) is 10.3 Å². The molecule has 0 aliphatic rings. The van der Waals surface area contributed by atoms with E-state index in [-0.39, 0.29) is 12.3 Å². The number of nitrogens with zero attached hydrogens (tertiary/aromatic N) is 1. The molecule has 1 heterocycles. The van der Waals surface area contributed by atoms with Crippen molar-refractivity contribution >= 4 is 5.91 Å². The zero-order valence-electron chi connectivity index (χ0n) is 11.9. The lowest BCUT2D eigenvalue weighted by Crippen LogP contribution is -2.29. The third kappa shape index (κ3) is 5.14. The molecule has 1 N–H and O–H groups in total. The molecule has 1 amide bonds. The number of nitrogens with one attached hydrogen (secondary N) is 1. The molecule has 0 saturated carbocycles. The van der Waals surface area contributed by atoms with Gasteiger partial charge in [-0.3, -0.25) is 9.78 Å². The van der Waals surface area contributed by atoms with Crippen LogP contribution in [-0.2, 0) is 11.2 Å². The summed E-state index contributed by atoms with van der Waals surface area (Å²) in [7, 11) is 1.62. The van der Waals surface area contributed by atoms with E-state index in [0.717, 1.165) is 17.2 Å². The maximum atomic E-state index is 11.7. The van der Waals surface area contributed by atoms with E-state index in [9.17, 15) is 4.79 Å². The second kappa shape index (κ2) is 7.89. The smallest absolute Gasteiger partial charge is 0.226 e. The summed E-state index contributed by atoms with van der Waals surface area (Å²) in [5.74, 6) is 1.47. The Morgan fingerprint density at radius 3 is 2.57 bits per heavy atom. The first-order valence-corrected chi connectivity index (χ1v) is 6.71. The van der Waals surface area contributed by atoms with Gasteiger partial charge in [0.2, 0.25) is 5.91 Å². The van der Waals surface area contributed by atoms with Crippen molar-refractivity contribution in [3.63, 3.8) is 0 Å². The van der Waals surface area contributed by atoms with Crippen molar-refractivity contribution in [1.82, 2.24) is 10.3 Å². The maximum absolute atomic E-state index is 11.7. The molecule has 0 aliphatic carbocycles. The Hall–Kier alpha value is -2.56. The molecule has 21 heavy (non-hydrogen) atoms. The minimum absolute atomic E-state index is 0.0629. The van der Waals surface area contributed by atoms with Crippen LogP contribution >= 0.6 is 0 Å². The van der Waals surface area contributed by atoms with E-state index in [1.54, 1.807) is 13.3 Å². The summed E-state index contributed by atoms with van der Waals surface area (Å²) < 4.78 is 10.6.